The van der Waals surface area contributed by atoms with Crippen molar-refractivity contribution in [3.63, 3.8) is 0 Å². The molecular formula is C16H16O4. The summed E-state index contributed by atoms with van der Waals surface area (Å²) < 4.78 is 5.55. The Balaban J connectivity index is 1.92. The number of hydrogen-bond donors (Lipinski definition) is 2. The molecule has 0 bridgehead atoms. The zero-order valence-corrected chi connectivity index (χ0v) is 11.0. The van der Waals surface area contributed by atoms with Gasteiger partial charge in [0.2, 0.25) is 0 Å². The van der Waals surface area contributed by atoms with Gasteiger partial charge >= 0.3 is 5.97 Å². The van der Waals surface area contributed by atoms with Crippen LogP contribution in [0.5, 0.6) is 5.75 Å². The Kier molecular flexibility index (Phi) is 4.25. The standard InChI is InChI=1S/C16H16O4/c1-11(14-4-2-3-5-15(14)17)10-20-13-8-6-12(7-9-13)16(18)19/h2-3,5-9,14,17H,1,4,10H2,(H,18,19). The second-order valence-corrected chi connectivity index (χ2v) is 4.58. The van der Waals surface area contributed by atoms with Gasteiger partial charge in [-0.1, -0.05) is 18.7 Å². The van der Waals surface area contributed by atoms with Crippen LogP contribution in [-0.2, 0) is 0 Å². The van der Waals surface area contributed by atoms with Crippen LogP contribution in [0.3, 0.4) is 0 Å². The molecule has 1 aliphatic rings. The Morgan fingerprint density at radius 1 is 1.35 bits per heavy atom. The third kappa shape index (κ3) is 3.29. The minimum atomic E-state index is -0.968. The van der Waals surface area contributed by atoms with E-state index in [2.05, 4.69) is 6.58 Å². The number of hydrogen-bond acceptors (Lipinski definition) is 3. The molecule has 0 aromatic heterocycles. The van der Waals surface area contributed by atoms with Gasteiger partial charge in [0.25, 0.3) is 0 Å². The summed E-state index contributed by atoms with van der Waals surface area (Å²) in [6.45, 7) is 4.22. The molecule has 104 valence electrons. The van der Waals surface area contributed by atoms with Crippen LogP contribution in [0.2, 0.25) is 0 Å². The van der Waals surface area contributed by atoms with Gasteiger partial charge in [0.15, 0.2) is 0 Å². The maximum Gasteiger partial charge on any atom is 0.335 e. The van der Waals surface area contributed by atoms with E-state index in [1.807, 2.05) is 12.2 Å². The lowest BCUT2D eigenvalue weighted by Crippen LogP contribution is -2.14. The molecule has 2 rings (SSSR count). The summed E-state index contributed by atoms with van der Waals surface area (Å²) in [5.41, 5.74) is 1.000. The highest BCUT2D eigenvalue weighted by atomic mass is 16.5. The maximum atomic E-state index is 10.7. The predicted molar refractivity (Wildman–Crippen MR) is 76.0 cm³/mol. The maximum absolute atomic E-state index is 10.7. The largest absolute Gasteiger partial charge is 0.512 e. The Labute approximate surface area is 117 Å². The fourth-order valence-corrected chi connectivity index (χ4v) is 1.96. The third-order valence-electron chi connectivity index (χ3n) is 3.15. The van der Waals surface area contributed by atoms with Crippen LogP contribution in [0, 0.1) is 5.92 Å². The molecule has 1 atom stereocenters. The lowest BCUT2D eigenvalue weighted by molar-refractivity contribution is 0.0697. The summed E-state index contributed by atoms with van der Waals surface area (Å²) in [6.07, 6.45) is 6.14. The van der Waals surface area contributed by atoms with Crippen LogP contribution in [0.25, 0.3) is 0 Å². The van der Waals surface area contributed by atoms with E-state index in [0.29, 0.717) is 17.9 Å². The molecule has 20 heavy (non-hydrogen) atoms. The van der Waals surface area contributed by atoms with Crippen molar-refractivity contribution < 1.29 is 19.7 Å². The highest BCUT2D eigenvalue weighted by molar-refractivity contribution is 5.87. The van der Waals surface area contributed by atoms with E-state index in [-0.39, 0.29) is 18.1 Å². The van der Waals surface area contributed by atoms with Gasteiger partial charge in [-0.05, 0) is 42.3 Å². The molecule has 1 aromatic rings. The van der Waals surface area contributed by atoms with E-state index in [0.717, 1.165) is 5.57 Å². The Bertz CT molecular complexity index is 567. The van der Waals surface area contributed by atoms with Crippen LogP contribution in [0.4, 0.5) is 0 Å². The van der Waals surface area contributed by atoms with Gasteiger partial charge in [0, 0.05) is 5.92 Å². The number of aromatic carboxylic acids is 1. The summed E-state index contributed by atoms with van der Waals surface area (Å²) in [6, 6.07) is 6.18. The van der Waals surface area contributed by atoms with Crippen LogP contribution < -0.4 is 4.74 Å². The van der Waals surface area contributed by atoms with Crippen LogP contribution in [0.1, 0.15) is 16.8 Å². The number of carbonyl (C=O) groups is 1. The molecule has 2 N–H and O–H groups in total. The zero-order chi connectivity index (χ0) is 14.5. The van der Waals surface area contributed by atoms with Crippen molar-refractivity contribution in [3.05, 3.63) is 66.0 Å². The molecule has 1 aromatic carbocycles. The van der Waals surface area contributed by atoms with E-state index in [9.17, 15) is 9.90 Å². The molecule has 0 saturated heterocycles. The first-order valence-electron chi connectivity index (χ1n) is 6.27. The van der Waals surface area contributed by atoms with E-state index in [4.69, 9.17) is 9.84 Å². The van der Waals surface area contributed by atoms with Gasteiger partial charge < -0.3 is 14.9 Å². The minimum absolute atomic E-state index is 0.113. The van der Waals surface area contributed by atoms with Crippen molar-refractivity contribution in [1.29, 1.82) is 0 Å². The molecule has 0 fully saturated rings. The van der Waals surface area contributed by atoms with Crippen molar-refractivity contribution in [2.75, 3.05) is 6.61 Å². The van der Waals surface area contributed by atoms with E-state index >= 15 is 0 Å². The van der Waals surface area contributed by atoms with E-state index in [1.54, 1.807) is 18.2 Å². The third-order valence-corrected chi connectivity index (χ3v) is 3.15. The fraction of sp³-hybridized carbons (Fsp3) is 0.188. The van der Waals surface area contributed by atoms with Gasteiger partial charge in [-0.15, -0.1) is 0 Å². The van der Waals surface area contributed by atoms with Crippen molar-refractivity contribution in [2.24, 2.45) is 5.92 Å². The number of rotatable bonds is 5. The molecular weight excluding hydrogens is 256 g/mol. The molecule has 0 saturated carbocycles. The minimum Gasteiger partial charge on any atom is -0.512 e. The number of benzene rings is 1. The fourth-order valence-electron chi connectivity index (χ4n) is 1.96. The SMILES string of the molecule is C=C(COc1ccc(C(=O)O)cc1)C1CC=CC=C1O. The van der Waals surface area contributed by atoms with E-state index < -0.39 is 5.97 Å². The molecule has 0 heterocycles. The number of aliphatic hydroxyl groups is 1. The van der Waals surface area contributed by atoms with Crippen molar-refractivity contribution in [1.82, 2.24) is 0 Å². The van der Waals surface area contributed by atoms with Crippen LogP contribution in [-0.4, -0.2) is 22.8 Å². The Morgan fingerprint density at radius 3 is 2.65 bits per heavy atom. The first kappa shape index (κ1) is 13.9. The summed E-state index contributed by atoms with van der Waals surface area (Å²) in [7, 11) is 0. The smallest absolute Gasteiger partial charge is 0.335 e. The van der Waals surface area contributed by atoms with Gasteiger partial charge in [0.1, 0.15) is 12.4 Å². The molecule has 0 amide bonds. The summed E-state index contributed by atoms with van der Waals surface area (Å²) in [5, 5.41) is 18.6. The normalized spacial score (nSPS) is 17.4. The molecule has 1 aliphatic carbocycles. The highest BCUT2D eigenvalue weighted by Gasteiger charge is 2.18. The molecule has 0 aliphatic heterocycles. The molecule has 0 radical (unpaired) electrons. The number of aliphatic hydroxyl groups excluding tert-OH is 1. The Hall–Kier alpha value is -2.49. The van der Waals surface area contributed by atoms with Gasteiger partial charge in [-0.3, -0.25) is 0 Å². The summed E-state index contributed by atoms with van der Waals surface area (Å²) >= 11 is 0. The topological polar surface area (TPSA) is 66.8 Å². The summed E-state index contributed by atoms with van der Waals surface area (Å²) in [4.78, 5) is 10.7. The average molecular weight is 272 g/mol. The molecule has 0 spiro atoms. The van der Waals surface area contributed by atoms with Crippen molar-refractivity contribution in [2.45, 2.75) is 6.42 Å². The lowest BCUT2D eigenvalue weighted by atomic mass is 9.92. The number of allylic oxidation sites excluding steroid dienone is 4. The quantitative estimate of drug-likeness (QED) is 0.807. The number of ether oxygens (including phenoxy) is 1. The number of carboxylic acid groups (broad SMARTS) is 1. The van der Waals surface area contributed by atoms with Gasteiger partial charge in [0.05, 0.1) is 11.3 Å². The predicted octanol–water partition coefficient (Wildman–Crippen LogP) is 3.34. The molecule has 1 unspecified atom stereocenters. The zero-order valence-electron chi connectivity index (χ0n) is 11.0. The van der Waals surface area contributed by atoms with Crippen LogP contribution in [0.15, 0.2) is 60.4 Å². The first-order valence-corrected chi connectivity index (χ1v) is 6.27. The average Bonchev–Trinajstić information content (AvgIpc) is 2.45. The monoisotopic (exact) mass is 272 g/mol. The lowest BCUT2D eigenvalue weighted by Gasteiger charge is -2.20. The van der Waals surface area contributed by atoms with Gasteiger partial charge in [-0.25, -0.2) is 4.79 Å². The number of carboxylic acids is 1. The van der Waals surface area contributed by atoms with Gasteiger partial charge in [-0.2, -0.15) is 0 Å². The van der Waals surface area contributed by atoms with Crippen molar-refractivity contribution >= 4 is 5.97 Å². The van der Waals surface area contributed by atoms with Crippen molar-refractivity contribution in [3.8, 4) is 5.75 Å². The van der Waals surface area contributed by atoms with Crippen LogP contribution >= 0.6 is 0 Å². The molecule has 4 heteroatoms. The summed E-state index contributed by atoms with van der Waals surface area (Å²) in [5.74, 6) is -0.211. The van der Waals surface area contributed by atoms with E-state index in [1.165, 1.54) is 12.1 Å². The highest BCUT2D eigenvalue weighted by Crippen LogP contribution is 2.25. The second-order valence-electron chi connectivity index (χ2n) is 4.58. The Morgan fingerprint density at radius 2 is 2.05 bits per heavy atom. The second kappa shape index (κ2) is 6.10. The first-order chi connectivity index (χ1) is 9.58. The molecule has 4 nitrogen and oxygen atoms in total.